The van der Waals surface area contributed by atoms with Gasteiger partial charge in [0.1, 0.15) is 5.75 Å². The van der Waals surface area contributed by atoms with Gasteiger partial charge in [0.15, 0.2) is 0 Å². The molecule has 3 nitrogen and oxygen atoms in total. The maximum atomic E-state index is 12.0. The summed E-state index contributed by atoms with van der Waals surface area (Å²) in [5, 5.41) is 0. The summed E-state index contributed by atoms with van der Waals surface area (Å²) in [5.41, 5.74) is 6.59. The molecule has 17 heavy (non-hydrogen) atoms. The molecule has 0 saturated heterocycles. The fourth-order valence-electron chi connectivity index (χ4n) is 1.37. The molecule has 96 valence electrons. The Morgan fingerprint density at radius 3 is 2.76 bits per heavy atom. The molecular formula is C12H17F2NO2. The zero-order chi connectivity index (χ0) is 12.7. The normalized spacial score (nSPS) is 12.8. The number of rotatable bonds is 7. The SMILES string of the molecule is CCCOCC(N)c1cccc(OC(F)F)c1. The van der Waals surface area contributed by atoms with Gasteiger partial charge in [-0.25, -0.2) is 0 Å². The summed E-state index contributed by atoms with van der Waals surface area (Å²) in [6.07, 6.45) is 0.918. The third-order valence-electron chi connectivity index (χ3n) is 2.16. The van der Waals surface area contributed by atoms with Gasteiger partial charge < -0.3 is 15.2 Å². The number of halogens is 2. The highest BCUT2D eigenvalue weighted by molar-refractivity contribution is 5.30. The average Bonchev–Trinajstić information content (AvgIpc) is 2.28. The van der Waals surface area contributed by atoms with Crippen LogP contribution < -0.4 is 10.5 Å². The van der Waals surface area contributed by atoms with E-state index in [2.05, 4.69) is 4.74 Å². The van der Waals surface area contributed by atoms with Gasteiger partial charge in [0.25, 0.3) is 0 Å². The molecule has 0 aliphatic heterocycles. The van der Waals surface area contributed by atoms with Gasteiger partial charge in [-0.15, -0.1) is 0 Å². The summed E-state index contributed by atoms with van der Waals surface area (Å²) in [6, 6.07) is 6.04. The predicted molar refractivity (Wildman–Crippen MR) is 61.1 cm³/mol. The van der Waals surface area contributed by atoms with E-state index in [0.717, 1.165) is 12.0 Å². The maximum absolute atomic E-state index is 12.0. The number of hydrogen-bond donors (Lipinski definition) is 1. The van der Waals surface area contributed by atoms with Crippen LogP contribution in [0.5, 0.6) is 5.75 Å². The molecule has 1 aromatic rings. The van der Waals surface area contributed by atoms with Crippen molar-refractivity contribution in [3.63, 3.8) is 0 Å². The van der Waals surface area contributed by atoms with Crippen LogP contribution in [0.2, 0.25) is 0 Å². The summed E-state index contributed by atoms with van der Waals surface area (Å²) in [4.78, 5) is 0. The Labute approximate surface area is 99.5 Å². The van der Waals surface area contributed by atoms with E-state index in [1.165, 1.54) is 12.1 Å². The molecule has 0 aliphatic rings. The lowest BCUT2D eigenvalue weighted by atomic mass is 10.1. The van der Waals surface area contributed by atoms with Gasteiger partial charge in [-0.05, 0) is 24.1 Å². The molecule has 0 amide bonds. The highest BCUT2D eigenvalue weighted by Gasteiger charge is 2.09. The molecule has 5 heteroatoms. The van der Waals surface area contributed by atoms with Crippen LogP contribution in [0, 0.1) is 0 Å². The maximum Gasteiger partial charge on any atom is 0.387 e. The van der Waals surface area contributed by atoms with Crippen LogP contribution in [0.3, 0.4) is 0 Å². The van der Waals surface area contributed by atoms with Crippen molar-refractivity contribution >= 4 is 0 Å². The highest BCUT2D eigenvalue weighted by atomic mass is 19.3. The second-order valence-corrected chi connectivity index (χ2v) is 3.63. The van der Waals surface area contributed by atoms with Crippen molar-refractivity contribution in [3.05, 3.63) is 29.8 Å². The fourth-order valence-corrected chi connectivity index (χ4v) is 1.37. The second kappa shape index (κ2) is 7.19. The van der Waals surface area contributed by atoms with Crippen LogP contribution in [-0.2, 0) is 4.74 Å². The average molecular weight is 245 g/mol. The van der Waals surface area contributed by atoms with Crippen LogP contribution in [-0.4, -0.2) is 19.8 Å². The quantitative estimate of drug-likeness (QED) is 0.751. The molecule has 0 aliphatic carbocycles. The molecule has 1 aromatic carbocycles. The lowest BCUT2D eigenvalue weighted by molar-refractivity contribution is -0.0499. The number of nitrogens with two attached hydrogens (primary N) is 1. The van der Waals surface area contributed by atoms with E-state index in [4.69, 9.17) is 10.5 Å². The highest BCUT2D eigenvalue weighted by Crippen LogP contribution is 2.19. The first-order valence-corrected chi connectivity index (χ1v) is 5.51. The Morgan fingerprint density at radius 2 is 2.12 bits per heavy atom. The Bertz CT molecular complexity index is 334. The smallest absolute Gasteiger partial charge is 0.387 e. The Morgan fingerprint density at radius 1 is 1.35 bits per heavy atom. The second-order valence-electron chi connectivity index (χ2n) is 3.63. The minimum Gasteiger partial charge on any atom is -0.435 e. The zero-order valence-electron chi connectivity index (χ0n) is 9.74. The number of alkyl halides is 2. The summed E-state index contributed by atoms with van der Waals surface area (Å²) < 4.78 is 33.7. The van der Waals surface area contributed by atoms with E-state index in [-0.39, 0.29) is 11.8 Å². The molecule has 0 fully saturated rings. The van der Waals surface area contributed by atoms with Crippen LogP contribution in [0.1, 0.15) is 24.9 Å². The molecule has 1 rings (SSSR count). The number of benzene rings is 1. The largest absolute Gasteiger partial charge is 0.435 e. The molecule has 0 aromatic heterocycles. The first-order valence-electron chi connectivity index (χ1n) is 5.51. The van der Waals surface area contributed by atoms with Crippen molar-refractivity contribution in [2.45, 2.75) is 26.0 Å². The van der Waals surface area contributed by atoms with Crippen LogP contribution in [0.15, 0.2) is 24.3 Å². The molecule has 0 saturated carbocycles. The van der Waals surface area contributed by atoms with Gasteiger partial charge in [0.2, 0.25) is 0 Å². The van der Waals surface area contributed by atoms with E-state index < -0.39 is 6.61 Å². The topological polar surface area (TPSA) is 44.5 Å². The van der Waals surface area contributed by atoms with Gasteiger partial charge in [-0.1, -0.05) is 19.1 Å². The molecule has 2 N–H and O–H groups in total. The van der Waals surface area contributed by atoms with Crippen molar-refractivity contribution in [2.24, 2.45) is 5.73 Å². The van der Waals surface area contributed by atoms with Crippen molar-refractivity contribution in [1.82, 2.24) is 0 Å². The molecule has 1 atom stereocenters. The molecule has 1 unspecified atom stereocenters. The molecule has 0 radical (unpaired) electrons. The van der Waals surface area contributed by atoms with Crippen LogP contribution >= 0.6 is 0 Å². The standard InChI is InChI=1S/C12H17F2NO2/c1-2-6-16-8-11(15)9-4-3-5-10(7-9)17-12(13)14/h3-5,7,11-12H,2,6,8,15H2,1H3. The zero-order valence-corrected chi connectivity index (χ0v) is 9.74. The minimum atomic E-state index is -2.82. The summed E-state index contributed by atoms with van der Waals surface area (Å²) in [6.45, 7) is 0.188. The minimum absolute atomic E-state index is 0.114. The third kappa shape index (κ3) is 5.10. The Hall–Kier alpha value is -1.20. The summed E-state index contributed by atoms with van der Waals surface area (Å²) in [5.74, 6) is 0.114. The van der Waals surface area contributed by atoms with Crippen molar-refractivity contribution < 1.29 is 18.3 Å². The van der Waals surface area contributed by atoms with Crippen molar-refractivity contribution in [2.75, 3.05) is 13.2 Å². The van der Waals surface area contributed by atoms with E-state index >= 15 is 0 Å². The Kier molecular flexibility index (Phi) is 5.86. The fraction of sp³-hybridized carbons (Fsp3) is 0.500. The van der Waals surface area contributed by atoms with Gasteiger partial charge >= 0.3 is 6.61 Å². The molecule has 0 bridgehead atoms. The molecular weight excluding hydrogens is 228 g/mol. The van der Waals surface area contributed by atoms with E-state index in [9.17, 15) is 8.78 Å². The lowest BCUT2D eigenvalue weighted by Crippen LogP contribution is -2.17. The van der Waals surface area contributed by atoms with E-state index in [1.54, 1.807) is 12.1 Å². The van der Waals surface area contributed by atoms with Gasteiger partial charge in [-0.2, -0.15) is 8.78 Å². The molecule has 0 spiro atoms. The van der Waals surface area contributed by atoms with Crippen molar-refractivity contribution in [1.29, 1.82) is 0 Å². The van der Waals surface area contributed by atoms with Gasteiger partial charge in [0.05, 0.1) is 12.6 Å². The lowest BCUT2D eigenvalue weighted by Gasteiger charge is -2.13. The monoisotopic (exact) mass is 245 g/mol. The summed E-state index contributed by atoms with van der Waals surface area (Å²) >= 11 is 0. The number of hydrogen-bond acceptors (Lipinski definition) is 3. The van der Waals surface area contributed by atoms with Crippen molar-refractivity contribution in [3.8, 4) is 5.75 Å². The Balaban J connectivity index is 2.57. The number of ether oxygens (including phenoxy) is 2. The molecule has 0 heterocycles. The van der Waals surface area contributed by atoms with Crippen LogP contribution in [0.25, 0.3) is 0 Å². The first kappa shape index (κ1) is 13.9. The third-order valence-corrected chi connectivity index (χ3v) is 2.16. The van der Waals surface area contributed by atoms with Crippen LogP contribution in [0.4, 0.5) is 8.78 Å². The van der Waals surface area contributed by atoms with E-state index in [1.807, 2.05) is 6.92 Å². The predicted octanol–water partition coefficient (Wildman–Crippen LogP) is 2.71. The van der Waals surface area contributed by atoms with Gasteiger partial charge in [0, 0.05) is 6.61 Å². The van der Waals surface area contributed by atoms with Gasteiger partial charge in [-0.3, -0.25) is 0 Å². The van der Waals surface area contributed by atoms with E-state index in [0.29, 0.717) is 13.2 Å². The first-order chi connectivity index (χ1) is 8.13. The summed E-state index contributed by atoms with van der Waals surface area (Å²) in [7, 11) is 0.